The van der Waals surface area contributed by atoms with Crippen LogP contribution in [0.3, 0.4) is 0 Å². The molecule has 1 aliphatic rings. The monoisotopic (exact) mass is 784 g/mol. The summed E-state index contributed by atoms with van der Waals surface area (Å²) < 4.78 is 12.5. The van der Waals surface area contributed by atoms with Gasteiger partial charge in [0.25, 0.3) is 0 Å². The Morgan fingerprint density at radius 2 is 1.64 bits per heavy atom. The molecule has 3 atom stereocenters. The number of ether oxygens (including phenoxy) is 2. The normalized spacial score (nSPS) is 17.1. The van der Waals surface area contributed by atoms with Crippen molar-refractivity contribution in [2.45, 2.75) is 104 Å². The molecule has 1 saturated heterocycles. The molecule has 1 unspecified atom stereocenters. The van der Waals surface area contributed by atoms with Crippen LogP contribution in [0.4, 0.5) is 5.69 Å². The average molecular weight is 785 g/mol. The molecule has 0 saturated carbocycles. The standard InChI is InChI=1S/C35H53IN4O6S/c1-25-31(47-24-37-25)26-13-15-27(16-14-26)38-33(43)29-22-28(41)23-40(29)34(44)32(35(2,3)4)39-30(42)12-8-7-11-19-46-21-20-45-18-10-6-5-9-17-36/h13-16,24,28-29,32,41H,5-12,17-23H2,1-4H3,(H,38,43)(H,39,42)/t28-,29+,32?/m1/s1. The highest BCUT2D eigenvalue weighted by molar-refractivity contribution is 14.1. The van der Waals surface area contributed by atoms with Gasteiger partial charge < -0.3 is 30.1 Å². The fourth-order valence-electron chi connectivity index (χ4n) is 5.50. The van der Waals surface area contributed by atoms with Gasteiger partial charge in [-0.05, 0) is 60.1 Å². The van der Waals surface area contributed by atoms with Gasteiger partial charge in [-0.3, -0.25) is 14.4 Å². The third-order valence-electron chi connectivity index (χ3n) is 8.18. The number of anilines is 1. The fraction of sp³-hybridized carbons (Fsp3) is 0.657. The molecule has 2 heterocycles. The molecular formula is C35H53IN4O6S. The molecule has 1 aromatic heterocycles. The van der Waals surface area contributed by atoms with Gasteiger partial charge in [0, 0.05) is 38.3 Å². The maximum Gasteiger partial charge on any atom is 0.247 e. The van der Waals surface area contributed by atoms with Gasteiger partial charge in [-0.25, -0.2) is 4.98 Å². The molecule has 0 spiro atoms. The van der Waals surface area contributed by atoms with Crippen LogP contribution in [-0.2, 0) is 23.9 Å². The molecule has 2 aromatic rings. The molecule has 0 radical (unpaired) electrons. The number of carbonyl (C=O) groups excluding carboxylic acids is 3. The van der Waals surface area contributed by atoms with E-state index in [1.54, 1.807) is 16.8 Å². The minimum atomic E-state index is -0.849. The van der Waals surface area contributed by atoms with Crippen molar-refractivity contribution in [2.24, 2.45) is 5.41 Å². The number of hydrogen-bond acceptors (Lipinski definition) is 8. The summed E-state index contributed by atoms with van der Waals surface area (Å²) in [4.78, 5) is 46.9. The van der Waals surface area contributed by atoms with E-state index >= 15 is 0 Å². The average Bonchev–Trinajstić information content (AvgIpc) is 3.64. The predicted molar refractivity (Wildman–Crippen MR) is 196 cm³/mol. The van der Waals surface area contributed by atoms with E-state index in [4.69, 9.17) is 9.47 Å². The first-order valence-corrected chi connectivity index (χ1v) is 19.2. The number of halogens is 1. The number of unbranched alkanes of at least 4 members (excludes halogenated alkanes) is 5. The Kier molecular flexibility index (Phi) is 17.1. The molecule has 10 nitrogen and oxygen atoms in total. The first-order chi connectivity index (χ1) is 22.5. The van der Waals surface area contributed by atoms with Gasteiger partial charge in [0.15, 0.2) is 0 Å². The van der Waals surface area contributed by atoms with Crippen LogP contribution in [-0.4, -0.2) is 88.3 Å². The van der Waals surface area contributed by atoms with Crippen molar-refractivity contribution in [1.82, 2.24) is 15.2 Å². The number of aromatic nitrogens is 1. The Labute approximate surface area is 297 Å². The third kappa shape index (κ3) is 13.4. The number of nitrogens with one attached hydrogen (secondary N) is 2. The van der Waals surface area contributed by atoms with E-state index in [0.29, 0.717) is 38.3 Å². The number of nitrogens with zero attached hydrogens (tertiary/aromatic N) is 2. The van der Waals surface area contributed by atoms with Gasteiger partial charge in [0.05, 0.1) is 35.4 Å². The molecule has 12 heteroatoms. The summed E-state index contributed by atoms with van der Waals surface area (Å²) in [6.45, 7) is 10.2. The van der Waals surface area contributed by atoms with Crippen LogP contribution < -0.4 is 10.6 Å². The largest absolute Gasteiger partial charge is 0.391 e. The quantitative estimate of drug-likeness (QED) is 0.0837. The van der Waals surface area contributed by atoms with Crippen molar-refractivity contribution in [3.05, 3.63) is 35.5 Å². The number of likely N-dealkylation sites (tertiary alicyclic amines) is 1. The summed E-state index contributed by atoms with van der Waals surface area (Å²) >= 11 is 3.97. The number of β-amino-alcohol motifs (C(OH)–C–C–N with tert-alkyl or cyclic N) is 1. The first kappa shape index (κ1) is 39.3. The lowest BCUT2D eigenvalue weighted by atomic mass is 9.85. The SMILES string of the molecule is Cc1ncsc1-c1ccc(NC(=O)[C@@H]2C[C@@H](O)CN2C(=O)C(NC(=O)CCCCCOCCOCCCCCCI)C(C)(C)C)cc1. The van der Waals surface area contributed by atoms with Crippen LogP contribution in [0.1, 0.15) is 84.3 Å². The molecule has 3 rings (SSSR count). The van der Waals surface area contributed by atoms with E-state index < -0.39 is 23.6 Å². The molecule has 1 aromatic carbocycles. The predicted octanol–water partition coefficient (Wildman–Crippen LogP) is 6.14. The number of rotatable bonds is 20. The fourth-order valence-corrected chi connectivity index (χ4v) is 6.85. The van der Waals surface area contributed by atoms with Gasteiger partial charge in [0.2, 0.25) is 17.7 Å². The maximum absolute atomic E-state index is 13.8. The van der Waals surface area contributed by atoms with E-state index in [0.717, 1.165) is 42.0 Å². The topological polar surface area (TPSA) is 130 Å². The number of thiazole rings is 1. The number of amides is 3. The number of benzene rings is 1. The molecular weight excluding hydrogens is 731 g/mol. The Morgan fingerprint density at radius 3 is 2.23 bits per heavy atom. The summed E-state index contributed by atoms with van der Waals surface area (Å²) in [5.74, 6) is -0.940. The van der Waals surface area contributed by atoms with Gasteiger partial charge >= 0.3 is 0 Å². The highest BCUT2D eigenvalue weighted by Gasteiger charge is 2.44. The molecule has 0 bridgehead atoms. The summed E-state index contributed by atoms with van der Waals surface area (Å²) in [5, 5.41) is 16.3. The van der Waals surface area contributed by atoms with Crippen molar-refractivity contribution >= 4 is 57.3 Å². The second-order valence-corrected chi connectivity index (χ2v) is 15.2. The van der Waals surface area contributed by atoms with Crippen molar-refractivity contribution in [3.8, 4) is 10.4 Å². The molecule has 3 N–H and O–H groups in total. The minimum absolute atomic E-state index is 0.0344. The highest BCUT2D eigenvalue weighted by Crippen LogP contribution is 2.29. The molecule has 0 aliphatic carbocycles. The Balaban J connectivity index is 1.42. The van der Waals surface area contributed by atoms with E-state index in [2.05, 4.69) is 38.2 Å². The lowest BCUT2D eigenvalue weighted by Gasteiger charge is -2.35. The van der Waals surface area contributed by atoms with Crippen LogP contribution >= 0.6 is 33.9 Å². The molecule has 47 heavy (non-hydrogen) atoms. The van der Waals surface area contributed by atoms with Crippen molar-refractivity contribution in [2.75, 3.05) is 42.7 Å². The Morgan fingerprint density at radius 1 is 1.00 bits per heavy atom. The number of aryl methyl sites for hydroxylation is 1. The molecule has 1 fully saturated rings. The molecule has 262 valence electrons. The Bertz CT molecular complexity index is 1250. The number of carbonyl (C=O) groups is 3. The van der Waals surface area contributed by atoms with Gasteiger partial charge in [0.1, 0.15) is 12.1 Å². The number of alkyl halides is 1. The van der Waals surface area contributed by atoms with Gasteiger partial charge in [-0.15, -0.1) is 11.3 Å². The van der Waals surface area contributed by atoms with Crippen molar-refractivity contribution in [3.63, 3.8) is 0 Å². The second-order valence-electron chi connectivity index (χ2n) is 13.2. The zero-order valence-electron chi connectivity index (χ0n) is 28.4. The number of aliphatic hydroxyl groups excluding tert-OH is 1. The van der Waals surface area contributed by atoms with Crippen LogP contribution in [0.2, 0.25) is 0 Å². The zero-order chi connectivity index (χ0) is 34.2. The Hall–Kier alpha value is -2.13. The smallest absolute Gasteiger partial charge is 0.247 e. The van der Waals surface area contributed by atoms with E-state index in [-0.39, 0.29) is 30.7 Å². The lowest BCUT2D eigenvalue weighted by Crippen LogP contribution is -2.57. The minimum Gasteiger partial charge on any atom is -0.391 e. The van der Waals surface area contributed by atoms with Crippen molar-refractivity contribution < 1.29 is 29.0 Å². The number of hydrogen-bond donors (Lipinski definition) is 3. The summed E-state index contributed by atoms with van der Waals surface area (Å²) in [6, 6.07) is 5.80. The van der Waals surface area contributed by atoms with Gasteiger partial charge in [-0.1, -0.05) is 74.8 Å². The lowest BCUT2D eigenvalue weighted by molar-refractivity contribution is -0.143. The summed E-state index contributed by atoms with van der Waals surface area (Å²) in [7, 11) is 0. The van der Waals surface area contributed by atoms with Crippen LogP contribution in [0.15, 0.2) is 29.8 Å². The number of aliphatic hydroxyl groups is 1. The second kappa shape index (κ2) is 20.4. The van der Waals surface area contributed by atoms with E-state index in [1.807, 2.05) is 52.0 Å². The van der Waals surface area contributed by atoms with Crippen LogP contribution in [0.5, 0.6) is 0 Å². The molecule has 1 aliphatic heterocycles. The first-order valence-electron chi connectivity index (χ1n) is 16.8. The maximum atomic E-state index is 13.8. The summed E-state index contributed by atoms with van der Waals surface area (Å²) in [6.07, 6.45) is 6.82. The zero-order valence-corrected chi connectivity index (χ0v) is 31.4. The van der Waals surface area contributed by atoms with Crippen molar-refractivity contribution in [1.29, 1.82) is 0 Å². The van der Waals surface area contributed by atoms with Gasteiger partial charge in [-0.2, -0.15) is 0 Å². The van der Waals surface area contributed by atoms with Crippen LogP contribution in [0, 0.1) is 12.3 Å². The highest BCUT2D eigenvalue weighted by atomic mass is 127. The van der Waals surface area contributed by atoms with Crippen LogP contribution in [0.25, 0.3) is 10.4 Å². The third-order valence-corrected chi connectivity index (χ3v) is 9.92. The molecule has 3 amide bonds. The van der Waals surface area contributed by atoms with E-state index in [9.17, 15) is 19.5 Å². The van der Waals surface area contributed by atoms with E-state index in [1.165, 1.54) is 28.6 Å². The summed E-state index contributed by atoms with van der Waals surface area (Å²) in [5.41, 5.74) is 3.76.